The van der Waals surface area contributed by atoms with Crippen LogP contribution in [0.1, 0.15) is 31.2 Å². The van der Waals surface area contributed by atoms with Gasteiger partial charge in [0.15, 0.2) is 5.82 Å². The van der Waals surface area contributed by atoms with E-state index in [-0.39, 0.29) is 5.91 Å². The van der Waals surface area contributed by atoms with E-state index in [4.69, 9.17) is 4.74 Å². The Morgan fingerprint density at radius 1 is 0.939 bits per heavy atom. The average molecular weight is 444 g/mol. The molecule has 2 N–H and O–H groups in total. The van der Waals surface area contributed by atoms with E-state index in [0.29, 0.717) is 31.9 Å². The molecule has 5 rings (SSSR count). The number of hydrogen-bond acceptors (Lipinski definition) is 6. The zero-order chi connectivity index (χ0) is 22.5. The lowest BCUT2D eigenvalue weighted by Crippen LogP contribution is -2.44. The third kappa shape index (κ3) is 4.68. The van der Waals surface area contributed by atoms with Crippen molar-refractivity contribution in [3.05, 3.63) is 72.4 Å². The maximum absolute atomic E-state index is 13.4. The Hall–Kier alpha value is -3.45. The van der Waals surface area contributed by atoms with Crippen LogP contribution in [-0.2, 0) is 14.9 Å². The molecular formula is C26H29N5O2. The lowest BCUT2D eigenvalue weighted by atomic mass is 9.73. The summed E-state index contributed by atoms with van der Waals surface area (Å²) in [4.78, 5) is 15.8. The molecule has 0 aliphatic carbocycles. The minimum absolute atomic E-state index is 0.0156. The number of ether oxygens (including phenoxy) is 1. The highest BCUT2D eigenvalue weighted by Crippen LogP contribution is 2.36. The Kier molecular flexibility index (Phi) is 6.21. The Bertz CT molecular complexity index is 1080. The molecule has 3 heterocycles. The number of nitrogens with one attached hydrogen (secondary N) is 2. The maximum atomic E-state index is 13.4. The van der Waals surface area contributed by atoms with E-state index >= 15 is 0 Å². The molecule has 0 radical (unpaired) electrons. The van der Waals surface area contributed by atoms with Crippen LogP contribution >= 0.6 is 0 Å². The fourth-order valence-corrected chi connectivity index (χ4v) is 4.73. The van der Waals surface area contributed by atoms with Crippen LogP contribution < -0.4 is 15.5 Å². The smallest absolute Gasteiger partial charge is 0.235 e. The molecule has 2 fully saturated rings. The summed E-state index contributed by atoms with van der Waals surface area (Å²) in [6.45, 7) is 3.30. The summed E-state index contributed by atoms with van der Waals surface area (Å²) in [5, 5.41) is 14.8. The summed E-state index contributed by atoms with van der Waals surface area (Å²) in [5.74, 6) is 0.725. The predicted molar refractivity (Wildman–Crippen MR) is 130 cm³/mol. The minimum atomic E-state index is -0.567. The quantitative estimate of drug-likeness (QED) is 0.584. The molecule has 1 aromatic heterocycles. The number of benzene rings is 2. The molecule has 0 unspecified atom stereocenters. The number of carbonyl (C=O) groups is 1. The van der Waals surface area contributed by atoms with Gasteiger partial charge in [0.05, 0.1) is 17.3 Å². The maximum Gasteiger partial charge on any atom is 0.235 e. The molecule has 33 heavy (non-hydrogen) atoms. The molecule has 0 atom stereocenters. The van der Waals surface area contributed by atoms with Crippen LogP contribution in [-0.4, -0.2) is 42.4 Å². The highest BCUT2D eigenvalue weighted by molar-refractivity contribution is 5.99. The lowest BCUT2D eigenvalue weighted by Gasteiger charge is -2.36. The van der Waals surface area contributed by atoms with Crippen molar-refractivity contribution >= 4 is 28.8 Å². The van der Waals surface area contributed by atoms with Crippen LogP contribution in [0, 0.1) is 0 Å². The number of amides is 1. The molecule has 0 spiro atoms. The standard InChI is InChI=1S/C26H29N5O2/c32-25(26(12-16-33-17-13-26)20-6-2-1-3-7-20)29-22-10-8-21(9-11-22)28-24-18-23(19-27-30-24)31-14-4-5-15-31/h1-3,6-11,18-19H,4-5,12-17H2,(H,28,30)(H,29,32). The molecule has 170 valence electrons. The Labute approximate surface area is 194 Å². The number of hydrogen-bond donors (Lipinski definition) is 2. The van der Waals surface area contributed by atoms with E-state index in [2.05, 4.69) is 25.7 Å². The molecule has 3 aromatic rings. The average Bonchev–Trinajstić information content (AvgIpc) is 3.42. The van der Waals surface area contributed by atoms with E-state index in [9.17, 15) is 4.79 Å². The second-order valence-electron chi connectivity index (χ2n) is 8.71. The summed E-state index contributed by atoms with van der Waals surface area (Å²) in [6, 6.07) is 19.8. The summed E-state index contributed by atoms with van der Waals surface area (Å²) < 4.78 is 5.56. The van der Waals surface area contributed by atoms with Crippen molar-refractivity contribution in [1.82, 2.24) is 10.2 Å². The summed E-state index contributed by atoms with van der Waals surface area (Å²) in [7, 11) is 0. The molecule has 7 nitrogen and oxygen atoms in total. The van der Waals surface area contributed by atoms with Gasteiger partial charge >= 0.3 is 0 Å². The second kappa shape index (κ2) is 9.58. The molecule has 7 heteroatoms. The van der Waals surface area contributed by atoms with E-state index in [1.54, 1.807) is 0 Å². The molecule has 0 bridgehead atoms. The Morgan fingerprint density at radius 2 is 1.64 bits per heavy atom. The van der Waals surface area contributed by atoms with Crippen LogP contribution in [0.2, 0.25) is 0 Å². The van der Waals surface area contributed by atoms with Crippen molar-refractivity contribution in [2.45, 2.75) is 31.1 Å². The van der Waals surface area contributed by atoms with Gasteiger partial charge in [-0.2, -0.15) is 5.10 Å². The number of rotatable bonds is 6. The van der Waals surface area contributed by atoms with E-state index in [1.807, 2.05) is 66.9 Å². The number of carbonyl (C=O) groups excluding carboxylic acids is 1. The predicted octanol–water partition coefficient (Wildman–Crippen LogP) is 4.51. The van der Waals surface area contributed by atoms with Gasteiger partial charge < -0.3 is 20.3 Å². The van der Waals surface area contributed by atoms with Gasteiger partial charge in [0.2, 0.25) is 5.91 Å². The first-order valence-electron chi connectivity index (χ1n) is 11.6. The van der Waals surface area contributed by atoms with Crippen LogP contribution in [0.5, 0.6) is 0 Å². The lowest BCUT2D eigenvalue weighted by molar-refractivity contribution is -0.125. The van der Waals surface area contributed by atoms with Crippen molar-refractivity contribution in [3.8, 4) is 0 Å². The first-order chi connectivity index (χ1) is 16.2. The molecule has 2 aromatic carbocycles. The molecule has 2 saturated heterocycles. The van der Waals surface area contributed by atoms with Gasteiger partial charge in [0.25, 0.3) is 0 Å². The van der Waals surface area contributed by atoms with Crippen molar-refractivity contribution in [2.75, 3.05) is 41.8 Å². The van der Waals surface area contributed by atoms with Crippen molar-refractivity contribution < 1.29 is 9.53 Å². The summed E-state index contributed by atoms with van der Waals surface area (Å²) in [5.41, 5.74) is 3.23. The van der Waals surface area contributed by atoms with E-state index < -0.39 is 5.41 Å². The van der Waals surface area contributed by atoms with Crippen LogP contribution in [0.4, 0.5) is 22.9 Å². The summed E-state index contributed by atoms with van der Waals surface area (Å²) >= 11 is 0. The van der Waals surface area contributed by atoms with Crippen molar-refractivity contribution in [1.29, 1.82) is 0 Å². The van der Waals surface area contributed by atoms with Gasteiger partial charge in [-0.15, -0.1) is 5.10 Å². The number of aromatic nitrogens is 2. The third-order valence-corrected chi connectivity index (χ3v) is 6.63. The van der Waals surface area contributed by atoms with Crippen LogP contribution in [0.3, 0.4) is 0 Å². The highest BCUT2D eigenvalue weighted by atomic mass is 16.5. The molecule has 0 saturated carbocycles. The number of anilines is 4. The highest BCUT2D eigenvalue weighted by Gasteiger charge is 2.41. The minimum Gasteiger partial charge on any atom is -0.381 e. The monoisotopic (exact) mass is 443 g/mol. The Balaban J connectivity index is 1.28. The first kappa shape index (κ1) is 21.4. The van der Waals surface area contributed by atoms with Gasteiger partial charge in [-0.3, -0.25) is 4.79 Å². The van der Waals surface area contributed by atoms with Crippen LogP contribution in [0.25, 0.3) is 0 Å². The summed E-state index contributed by atoms with van der Waals surface area (Å²) in [6.07, 6.45) is 5.60. The van der Waals surface area contributed by atoms with Crippen molar-refractivity contribution in [3.63, 3.8) is 0 Å². The topological polar surface area (TPSA) is 79.4 Å². The zero-order valence-electron chi connectivity index (χ0n) is 18.7. The van der Waals surface area contributed by atoms with E-state index in [1.165, 1.54) is 12.8 Å². The van der Waals surface area contributed by atoms with Gasteiger partial charge in [0, 0.05) is 43.7 Å². The van der Waals surface area contributed by atoms with Gasteiger partial charge in [0.1, 0.15) is 0 Å². The van der Waals surface area contributed by atoms with Crippen LogP contribution in [0.15, 0.2) is 66.9 Å². The molecule has 1 amide bonds. The fourth-order valence-electron chi connectivity index (χ4n) is 4.73. The van der Waals surface area contributed by atoms with Gasteiger partial charge in [-0.25, -0.2) is 0 Å². The Morgan fingerprint density at radius 3 is 2.36 bits per heavy atom. The van der Waals surface area contributed by atoms with E-state index in [0.717, 1.165) is 35.7 Å². The zero-order valence-corrected chi connectivity index (χ0v) is 18.7. The fraction of sp³-hybridized carbons (Fsp3) is 0.346. The third-order valence-electron chi connectivity index (χ3n) is 6.63. The SMILES string of the molecule is O=C(Nc1ccc(Nc2cc(N3CCCC3)cnn2)cc1)C1(c2ccccc2)CCOCC1. The largest absolute Gasteiger partial charge is 0.381 e. The second-order valence-corrected chi connectivity index (χ2v) is 8.71. The normalized spacial score (nSPS) is 17.5. The van der Waals surface area contributed by atoms with Gasteiger partial charge in [-0.1, -0.05) is 30.3 Å². The van der Waals surface area contributed by atoms with Crippen molar-refractivity contribution in [2.24, 2.45) is 0 Å². The first-order valence-corrected chi connectivity index (χ1v) is 11.6. The molecule has 2 aliphatic heterocycles. The molecule has 2 aliphatic rings. The van der Waals surface area contributed by atoms with Gasteiger partial charge in [-0.05, 0) is 55.5 Å². The molecular weight excluding hydrogens is 414 g/mol. The number of nitrogens with zero attached hydrogens (tertiary/aromatic N) is 3.